The molecule has 2 N–H and O–H groups in total. The van der Waals surface area contributed by atoms with E-state index in [1.165, 1.54) is 24.0 Å². The van der Waals surface area contributed by atoms with Gasteiger partial charge in [0.1, 0.15) is 0 Å². The Morgan fingerprint density at radius 3 is 2.11 bits per heavy atom. The molecule has 0 saturated heterocycles. The monoisotopic (exact) mass is 262 g/mol. The van der Waals surface area contributed by atoms with E-state index in [0.717, 1.165) is 13.1 Å². The molecule has 2 heteroatoms. The van der Waals surface area contributed by atoms with Crippen LogP contribution in [-0.2, 0) is 13.1 Å². The smallest absolute Gasteiger partial charge is 0.0240 e. The van der Waals surface area contributed by atoms with E-state index >= 15 is 0 Å². The van der Waals surface area contributed by atoms with E-state index in [0.29, 0.717) is 18.5 Å². The second-order valence-corrected chi connectivity index (χ2v) is 5.77. The lowest BCUT2D eigenvalue weighted by atomic mass is 10.0. The fourth-order valence-corrected chi connectivity index (χ4v) is 2.75. The summed E-state index contributed by atoms with van der Waals surface area (Å²) in [6.45, 7) is 12.0. The Labute approximate surface area is 119 Å². The van der Waals surface area contributed by atoms with Crippen LogP contribution in [0.25, 0.3) is 0 Å². The minimum absolute atomic E-state index is 0.634. The number of nitrogens with two attached hydrogens (primary N) is 1. The average Bonchev–Trinajstić information content (AvgIpc) is 2.40. The summed E-state index contributed by atoms with van der Waals surface area (Å²) in [6, 6.07) is 9.24. The molecular formula is C17H30N2. The van der Waals surface area contributed by atoms with Gasteiger partial charge in [-0.1, -0.05) is 52.0 Å². The summed E-state index contributed by atoms with van der Waals surface area (Å²) in [5.41, 5.74) is 8.52. The first-order valence-electron chi connectivity index (χ1n) is 7.63. The minimum Gasteiger partial charge on any atom is -0.326 e. The summed E-state index contributed by atoms with van der Waals surface area (Å²) < 4.78 is 0. The molecule has 1 rings (SSSR count). The van der Waals surface area contributed by atoms with Gasteiger partial charge in [0, 0.05) is 25.7 Å². The van der Waals surface area contributed by atoms with E-state index < -0.39 is 0 Å². The van der Waals surface area contributed by atoms with Gasteiger partial charge in [0.05, 0.1) is 0 Å². The van der Waals surface area contributed by atoms with E-state index in [1.807, 2.05) is 0 Å². The molecule has 0 atom stereocenters. The van der Waals surface area contributed by atoms with Crippen molar-refractivity contribution in [2.75, 3.05) is 6.54 Å². The minimum atomic E-state index is 0.634. The largest absolute Gasteiger partial charge is 0.326 e. The molecule has 0 saturated carbocycles. The van der Waals surface area contributed by atoms with Gasteiger partial charge in [0.25, 0.3) is 0 Å². The van der Waals surface area contributed by atoms with Crippen molar-refractivity contribution in [1.29, 1.82) is 0 Å². The van der Waals surface area contributed by atoms with Crippen LogP contribution in [0.3, 0.4) is 0 Å². The van der Waals surface area contributed by atoms with Crippen LogP contribution in [0.2, 0.25) is 0 Å². The van der Waals surface area contributed by atoms with Crippen molar-refractivity contribution in [2.45, 2.75) is 59.7 Å². The molecule has 1 aromatic rings. The zero-order valence-electron chi connectivity index (χ0n) is 13.0. The van der Waals surface area contributed by atoms with Crippen molar-refractivity contribution >= 4 is 0 Å². The van der Waals surface area contributed by atoms with Gasteiger partial charge in [-0.3, -0.25) is 4.90 Å². The summed E-state index contributed by atoms with van der Waals surface area (Å²) in [5.74, 6) is 0.700. The molecule has 0 spiro atoms. The van der Waals surface area contributed by atoms with Crippen molar-refractivity contribution in [3.63, 3.8) is 0 Å². The number of hydrogen-bond donors (Lipinski definition) is 1. The quantitative estimate of drug-likeness (QED) is 0.772. The molecule has 0 bridgehead atoms. The van der Waals surface area contributed by atoms with E-state index in [-0.39, 0.29) is 0 Å². The van der Waals surface area contributed by atoms with Gasteiger partial charge in [-0.2, -0.15) is 0 Å². The summed E-state index contributed by atoms with van der Waals surface area (Å²) in [4.78, 5) is 2.62. The highest BCUT2D eigenvalue weighted by Gasteiger charge is 2.17. The Kier molecular flexibility index (Phi) is 7.11. The van der Waals surface area contributed by atoms with Crippen molar-refractivity contribution in [2.24, 2.45) is 11.7 Å². The standard InChI is InChI=1S/C17H30N2/c1-5-17(6-2)19(12-14(3)4)13-16-10-8-7-9-15(16)11-18/h7-10,14,17H,5-6,11-13,18H2,1-4H3. The Hall–Kier alpha value is -0.860. The predicted octanol–water partition coefficient (Wildman–Crippen LogP) is 3.79. The van der Waals surface area contributed by atoms with E-state index in [1.54, 1.807) is 0 Å². The predicted molar refractivity (Wildman–Crippen MR) is 84.0 cm³/mol. The van der Waals surface area contributed by atoms with Gasteiger partial charge in [-0.15, -0.1) is 0 Å². The topological polar surface area (TPSA) is 29.3 Å². The Morgan fingerprint density at radius 2 is 1.63 bits per heavy atom. The lowest BCUT2D eigenvalue weighted by Crippen LogP contribution is -2.37. The molecule has 19 heavy (non-hydrogen) atoms. The Bertz CT molecular complexity index is 356. The van der Waals surface area contributed by atoms with Crippen LogP contribution in [0.15, 0.2) is 24.3 Å². The van der Waals surface area contributed by atoms with Crippen LogP contribution < -0.4 is 5.73 Å². The normalized spacial score (nSPS) is 11.8. The van der Waals surface area contributed by atoms with Gasteiger partial charge in [-0.25, -0.2) is 0 Å². The van der Waals surface area contributed by atoms with Crippen LogP contribution in [0.1, 0.15) is 51.7 Å². The molecule has 2 nitrogen and oxygen atoms in total. The van der Waals surface area contributed by atoms with Crippen LogP contribution >= 0.6 is 0 Å². The molecule has 0 aliphatic carbocycles. The molecule has 0 radical (unpaired) electrons. The van der Waals surface area contributed by atoms with Crippen molar-refractivity contribution in [3.05, 3.63) is 35.4 Å². The Balaban J connectivity index is 2.86. The third-order valence-corrected chi connectivity index (χ3v) is 3.77. The molecule has 0 heterocycles. The lowest BCUT2D eigenvalue weighted by Gasteiger charge is -2.32. The zero-order chi connectivity index (χ0) is 14.3. The average molecular weight is 262 g/mol. The Morgan fingerprint density at radius 1 is 1.05 bits per heavy atom. The number of rotatable bonds is 8. The lowest BCUT2D eigenvalue weighted by molar-refractivity contribution is 0.157. The van der Waals surface area contributed by atoms with Gasteiger partial charge in [0.2, 0.25) is 0 Å². The molecule has 0 aromatic heterocycles. The number of hydrogen-bond acceptors (Lipinski definition) is 2. The molecular weight excluding hydrogens is 232 g/mol. The van der Waals surface area contributed by atoms with Crippen LogP contribution in [0.4, 0.5) is 0 Å². The first-order valence-corrected chi connectivity index (χ1v) is 7.63. The maximum absolute atomic E-state index is 5.85. The third-order valence-electron chi connectivity index (χ3n) is 3.77. The highest BCUT2D eigenvalue weighted by Crippen LogP contribution is 2.18. The van der Waals surface area contributed by atoms with Crippen LogP contribution in [0, 0.1) is 5.92 Å². The van der Waals surface area contributed by atoms with Gasteiger partial charge in [-0.05, 0) is 29.9 Å². The fraction of sp³-hybridized carbons (Fsp3) is 0.647. The van der Waals surface area contributed by atoms with Crippen molar-refractivity contribution in [1.82, 2.24) is 4.90 Å². The molecule has 0 aliphatic heterocycles. The maximum atomic E-state index is 5.85. The molecule has 108 valence electrons. The maximum Gasteiger partial charge on any atom is 0.0240 e. The fourth-order valence-electron chi connectivity index (χ4n) is 2.75. The highest BCUT2D eigenvalue weighted by molar-refractivity contribution is 5.26. The summed E-state index contributed by atoms with van der Waals surface area (Å²) in [5, 5.41) is 0. The van der Waals surface area contributed by atoms with E-state index in [2.05, 4.69) is 56.9 Å². The summed E-state index contributed by atoms with van der Waals surface area (Å²) >= 11 is 0. The van der Waals surface area contributed by atoms with Crippen molar-refractivity contribution < 1.29 is 0 Å². The highest BCUT2D eigenvalue weighted by atomic mass is 15.2. The first kappa shape index (κ1) is 16.2. The third kappa shape index (κ3) is 4.96. The molecule has 1 aromatic carbocycles. The van der Waals surface area contributed by atoms with Crippen LogP contribution in [-0.4, -0.2) is 17.5 Å². The van der Waals surface area contributed by atoms with Gasteiger partial charge < -0.3 is 5.73 Å². The van der Waals surface area contributed by atoms with Gasteiger partial charge >= 0.3 is 0 Å². The SMILES string of the molecule is CCC(CC)N(Cc1ccccc1CN)CC(C)C. The number of benzene rings is 1. The summed E-state index contributed by atoms with van der Waals surface area (Å²) in [6.07, 6.45) is 2.43. The number of nitrogens with zero attached hydrogens (tertiary/aromatic N) is 1. The summed E-state index contributed by atoms with van der Waals surface area (Å²) in [7, 11) is 0. The molecule has 0 fully saturated rings. The molecule has 0 amide bonds. The van der Waals surface area contributed by atoms with E-state index in [9.17, 15) is 0 Å². The molecule has 0 unspecified atom stereocenters. The van der Waals surface area contributed by atoms with Crippen LogP contribution in [0.5, 0.6) is 0 Å². The second kappa shape index (κ2) is 8.34. The zero-order valence-corrected chi connectivity index (χ0v) is 13.0. The first-order chi connectivity index (χ1) is 9.12. The molecule has 0 aliphatic rings. The second-order valence-electron chi connectivity index (χ2n) is 5.77. The van der Waals surface area contributed by atoms with Gasteiger partial charge in [0.15, 0.2) is 0 Å². The van der Waals surface area contributed by atoms with E-state index in [4.69, 9.17) is 5.73 Å². The van der Waals surface area contributed by atoms with Crippen molar-refractivity contribution in [3.8, 4) is 0 Å².